The van der Waals surface area contributed by atoms with Gasteiger partial charge in [-0.15, -0.1) is 5.06 Å². The Morgan fingerprint density at radius 1 is 1.00 bits per heavy atom. The van der Waals surface area contributed by atoms with Crippen molar-refractivity contribution in [2.24, 2.45) is 5.41 Å². The van der Waals surface area contributed by atoms with E-state index >= 15 is 0 Å². The molecule has 3 unspecified atom stereocenters. The molecule has 3 aliphatic heterocycles. The van der Waals surface area contributed by atoms with Gasteiger partial charge in [0.05, 0.1) is 29.7 Å². The molecule has 0 radical (unpaired) electrons. The maximum absolute atomic E-state index is 12.5. The van der Waals surface area contributed by atoms with Gasteiger partial charge in [0.15, 0.2) is 0 Å². The van der Waals surface area contributed by atoms with E-state index in [1.165, 1.54) is 0 Å². The van der Waals surface area contributed by atoms with Gasteiger partial charge in [0.25, 0.3) is 11.8 Å². The summed E-state index contributed by atoms with van der Waals surface area (Å²) in [6.45, 7) is 8.84. The number of rotatable bonds is 17. The number of imide groups is 1. The Bertz CT molecular complexity index is 927. The SMILES string of the molecule is CC(C)(CCOCCNC(=O)CCCCC1SCC2NC(=O)NC21)OCCC(C)(C)C(=O)ON1C(=O)CCC1=O. The highest BCUT2D eigenvalue weighted by atomic mass is 32.2. The van der Waals surface area contributed by atoms with Gasteiger partial charge >= 0.3 is 12.0 Å². The van der Waals surface area contributed by atoms with E-state index in [2.05, 4.69) is 16.0 Å². The average Bonchev–Trinajstić information content (AvgIpc) is 3.53. The number of thioether (sulfide) groups is 1. The summed E-state index contributed by atoms with van der Waals surface area (Å²) in [5, 5.41) is 9.80. The van der Waals surface area contributed by atoms with Gasteiger partial charge in [-0.3, -0.25) is 14.4 Å². The first-order chi connectivity index (χ1) is 18.9. The zero-order valence-corrected chi connectivity index (χ0v) is 24.9. The van der Waals surface area contributed by atoms with Crippen LogP contribution >= 0.6 is 11.8 Å². The monoisotopic (exact) mass is 584 g/mol. The second-order valence-corrected chi connectivity index (χ2v) is 13.1. The molecule has 0 aliphatic carbocycles. The van der Waals surface area contributed by atoms with Crippen molar-refractivity contribution in [3.8, 4) is 0 Å². The lowest BCUT2D eigenvalue weighted by Gasteiger charge is -2.29. The standard InChI is InChI=1S/C27H44N4O8S/c1-26(2,24(35)39-31-21(33)9-10-22(31)34)11-15-38-27(3,4)12-14-37-16-13-28-20(32)8-6-5-7-19-23-18(17-40-19)29-25(36)30-23/h18-19,23H,5-17H2,1-4H3,(H,28,32)(H2,29,30,36). The predicted octanol–water partition coefficient (Wildman–Crippen LogP) is 2.05. The molecule has 3 rings (SSSR count). The van der Waals surface area contributed by atoms with E-state index in [1.807, 2.05) is 25.6 Å². The van der Waals surface area contributed by atoms with E-state index in [4.69, 9.17) is 14.3 Å². The number of ether oxygens (including phenoxy) is 2. The smallest absolute Gasteiger partial charge is 0.338 e. The molecule has 0 aromatic carbocycles. The Labute approximate surface area is 240 Å². The zero-order chi connectivity index (χ0) is 29.3. The minimum atomic E-state index is -0.933. The minimum Gasteiger partial charge on any atom is -0.380 e. The summed E-state index contributed by atoms with van der Waals surface area (Å²) in [5.41, 5.74) is -1.42. The Morgan fingerprint density at radius 2 is 1.73 bits per heavy atom. The molecule has 40 heavy (non-hydrogen) atoms. The fourth-order valence-corrected chi connectivity index (χ4v) is 6.21. The Balaban J connectivity index is 1.18. The van der Waals surface area contributed by atoms with Gasteiger partial charge in [0.2, 0.25) is 5.91 Å². The first-order valence-electron chi connectivity index (χ1n) is 14.1. The first kappa shape index (κ1) is 32.1. The van der Waals surface area contributed by atoms with E-state index in [0.717, 1.165) is 25.0 Å². The number of carbonyl (C=O) groups excluding carboxylic acids is 5. The number of hydrogen-bond acceptors (Lipinski definition) is 9. The van der Waals surface area contributed by atoms with E-state index < -0.39 is 28.8 Å². The van der Waals surface area contributed by atoms with Crippen LogP contribution < -0.4 is 16.0 Å². The Morgan fingerprint density at radius 3 is 2.45 bits per heavy atom. The third-order valence-electron chi connectivity index (χ3n) is 7.45. The lowest BCUT2D eigenvalue weighted by molar-refractivity contribution is -0.205. The molecular weight excluding hydrogens is 540 g/mol. The molecule has 226 valence electrons. The van der Waals surface area contributed by atoms with Crippen molar-refractivity contribution >= 4 is 41.5 Å². The highest BCUT2D eigenvalue weighted by molar-refractivity contribution is 8.00. The molecule has 13 heteroatoms. The highest BCUT2D eigenvalue weighted by Crippen LogP contribution is 2.33. The third kappa shape index (κ3) is 9.62. The number of carbonyl (C=O) groups is 5. The topological polar surface area (TPSA) is 152 Å². The average molecular weight is 585 g/mol. The number of fused-ring (bicyclic) bond motifs is 1. The molecule has 3 aliphatic rings. The summed E-state index contributed by atoms with van der Waals surface area (Å²) in [7, 11) is 0. The van der Waals surface area contributed by atoms with Crippen LogP contribution in [0.3, 0.4) is 0 Å². The fourth-order valence-electron chi connectivity index (χ4n) is 4.67. The molecule has 3 fully saturated rings. The lowest BCUT2D eigenvalue weighted by atomic mass is 9.90. The molecule has 3 N–H and O–H groups in total. The van der Waals surface area contributed by atoms with E-state index in [-0.39, 0.29) is 36.9 Å². The minimum absolute atomic E-state index is 0.0136. The predicted molar refractivity (Wildman–Crippen MR) is 148 cm³/mol. The van der Waals surface area contributed by atoms with Gasteiger partial charge in [-0.2, -0.15) is 11.8 Å². The van der Waals surface area contributed by atoms with Gasteiger partial charge in [-0.05, 0) is 53.4 Å². The molecule has 12 nitrogen and oxygen atoms in total. The molecule has 0 spiro atoms. The summed E-state index contributed by atoms with van der Waals surface area (Å²) < 4.78 is 11.6. The fraction of sp³-hybridized carbons (Fsp3) is 0.815. The lowest BCUT2D eigenvalue weighted by Crippen LogP contribution is -2.38. The number of hydroxylamine groups is 2. The van der Waals surface area contributed by atoms with E-state index in [1.54, 1.807) is 13.8 Å². The zero-order valence-electron chi connectivity index (χ0n) is 24.0. The molecule has 3 atom stereocenters. The molecule has 0 aromatic heterocycles. The van der Waals surface area contributed by atoms with Crippen molar-refractivity contribution in [2.45, 2.75) is 102 Å². The number of nitrogens with zero attached hydrogens (tertiary/aromatic N) is 1. The van der Waals surface area contributed by atoms with Crippen LogP contribution in [-0.2, 0) is 33.5 Å². The van der Waals surface area contributed by atoms with Crippen LogP contribution in [0, 0.1) is 5.41 Å². The van der Waals surface area contributed by atoms with Gasteiger partial charge in [0, 0.05) is 50.0 Å². The molecule has 0 saturated carbocycles. The summed E-state index contributed by atoms with van der Waals surface area (Å²) in [6, 6.07) is 0.360. The van der Waals surface area contributed by atoms with E-state index in [9.17, 15) is 24.0 Å². The van der Waals surface area contributed by atoms with Crippen molar-refractivity contribution in [2.75, 3.05) is 32.1 Å². The third-order valence-corrected chi connectivity index (χ3v) is 8.96. The normalized spacial score (nSPS) is 22.8. The maximum atomic E-state index is 12.5. The van der Waals surface area contributed by atoms with Crippen molar-refractivity contribution < 1.29 is 38.3 Å². The Hall–Kier alpha value is -2.38. The van der Waals surface area contributed by atoms with Crippen LogP contribution in [0.5, 0.6) is 0 Å². The van der Waals surface area contributed by atoms with Crippen molar-refractivity contribution in [3.05, 3.63) is 0 Å². The summed E-state index contributed by atoms with van der Waals surface area (Å²) in [6.07, 6.45) is 4.33. The largest absolute Gasteiger partial charge is 0.380 e. The van der Waals surface area contributed by atoms with Gasteiger partial charge < -0.3 is 30.3 Å². The van der Waals surface area contributed by atoms with Crippen LogP contribution in [0.25, 0.3) is 0 Å². The van der Waals surface area contributed by atoms with Crippen LogP contribution in [0.4, 0.5) is 4.79 Å². The van der Waals surface area contributed by atoms with Crippen molar-refractivity contribution in [1.29, 1.82) is 0 Å². The van der Waals surface area contributed by atoms with Crippen LogP contribution in [0.1, 0.15) is 79.1 Å². The second-order valence-electron chi connectivity index (χ2n) is 11.8. The maximum Gasteiger partial charge on any atom is 0.338 e. The number of amides is 5. The number of urea groups is 1. The molecular formula is C27H44N4O8S. The first-order valence-corrected chi connectivity index (χ1v) is 15.2. The summed E-state index contributed by atoms with van der Waals surface area (Å²) in [4.78, 5) is 64.4. The molecule has 5 amide bonds. The van der Waals surface area contributed by atoms with Gasteiger partial charge in [-0.25, -0.2) is 9.59 Å². The van der Waals surface area contributed by atoms with Crippen LogP contribution in [0.2, 0.25) is 0 Å². The number of nitrogens with one attached hydrogen (secondary N) is 3. The molecule has 0 aromatic rings. The van der Waals surface area contributed by atoms with Gasteiger partial charge in [0.1, 0.15) is 0 Å². The van der Waals surface area contributed by atoms with Gasteiger partial charge in [-0.1, -0.05) is 6.42 Å². The number of hydrogen-bond donors (Lipinski definition) is 3. The summed E-state index contributed by atoms with van der Waals surface area (Å²) in [5.74, 6) is -0.694. The summed E-state index contributed by atoms with van der Waals surface area (Å²) >= 11 is 1.89. The second kappa shape index (κ2) is 14.5. The number of unbranched alkanes of at least 4 members (excludes halogenated alkanes) is 1. The Kier molecular flexibility index (Phi) is 11.6. The van der Waals surface area contributed by atoms with Crippen LogP contribution in [-0.4, -0.2) is 89.8 Å². The molecule has 3 heterocycles. The van der Waals surface area contributed by atoms with Crippen molar-refractivity contribution in [3.63, 3.8) is 0 Å². The van der Waals surface area contributed by atoms with Crippen molar-refractivity contribution in [1.82, 2.24) is 21.0 Å². The highest BCUT2D eigenvalue weighted by Gasteiger charge is 2.42. The van der Waals surface area contributed by atoms with E-state index in [0.29, 0.717) is 55.9 Å². The molecule has 0 bridgehead atoms. The molecule has 3 saturated heterocycles. The quantitative estimate of drug-likeness (QED) is 0.132. The van der Waals surface area contributed by atoms with Crippen LogP contribution in [0.15, 0.2) is 0 Å².